The maximum atomic E-state index is 13.8. The van der Waals surface area contributed by atoms with Gasteiger partial charge >= 0.3 is 6.18 Å². The molecule has 0 spiro atoms. The normalized spacial score (nSPS) is 17.1. The highest BCUT2D eigenvalue weighted by Gasteiger charge is 2.67. The first kappa shape index (κ1) is 24.3. The number of likely N-dealkylation sites (N-methyl/N-ethyl adjacent to an activating group) is 1. The van der Waals surface area contributed by atoms with Crippen LogP contribution < -0.4 is 5.32 Å². The average Bonchev–Trinajstić information content (AvgIpc) is 3.53. The molecule has 0 radical (unpaired) electrons. The summed E-state index contributed by atoms with van der Waals surface area (Å²) in [6.07, 6.45) is -1.18. The fourth-order valence-corrected chi connectivity index (χ4v) is 4.31. The van der Waals surface area contributed by atoms with Gasteiger partial charge in [0.2, 0.25) is 5.91 Å². The monoisotopic (exact) mass is 469 g/mol. The number of benzene rings is 1. The highest BCUT2D eigenvalue weighted by Crippen LogP contribution is 2.66. The van der Waals surface area contributed by atoms with Crippen molar-refractivity contribution in [3.63, 3.8) is 0 Å². The highest BCUT2D eigenvalue weighted by molar-refractivity contribution is 6.31. The standard InChI is InChI=1S/C23H27ClF3N3O2/c1-30(2)17(10-15-5-6-18(31)11-20(15)24)14-29-21(32)12-19(16-4-3-9-28-13-16)22(7-8-22)23(25,26)27/h3-6,9,11,13,17,19,31H,7-8,10,12,14H2,1-2H3,(H,29,32)/t17-,19-/m0/s1. The lowest BCUT2D eigenvalue weighted by molar-refractivity contribution is -0.194. The van der Waals surface area contributed by atoms with E-state index in [1.54, 1.807) is 18.2 Å². The van der Waals surface area contributed by atoms with E-state index in [9.17, 15) is 23.1 Å². The van der Waals surface area contributed by atoms with Crippen molar-refractivity contribution in [2.24, 2.45) is 5.41 Å². The summed E-state index contributed by atoms with van der Waals surface area (Å²) in [6, 6.07) is 7.77. The van der Waals surface area contributed by atoms with E-state index >= 15 is 0 Å². The van der Waals surface area contributed by atoms with Gasteiger partial charge in [0.1, 0.15) is 5.75 Å². The van der Waals surface area contributed by atoms with Gasteiger partial charge in [0.25, 0.3) is 0 Å². The number of nitrogens with one attached hydrogen (secondary N) is 1. The van der Waals surface area contributed by atoms with Gasteiger partial charge in [-0.05, 0) is 62.7 Å². The molecule has 1 aliphatic carbocycles. The lowest BCUT2D eigenvalue weighted by atomic mass is 9.80. The van der Waals surface area contributed by atoms with E-state index in [0.717, 1.165) is 5.56 Å². The summed E-state index contributed by atoms with van der Waals surface area (Å²) < 4.78 is 41.5. The Morgan fingerprint density at radius 3 is 2.56 bits per heavy atom. The number of halogens is 4. The Kier molecular flexibility index (Phi) is 7.35. The number of alkyl halides is 3. The largest absolute Gasteiger partial charge is 0.508 e. The summed E-state index contributed by atoms with van der Waals surface area (Å²) in [6.45, 7) is 0.252. The molecule has 0 saturated heterocycles. The second kappa shape index (κ2) is 9.67. The Morgan fingerprint density at radius 2 is 2.03 bits per heavy atom. The van der Waals surface area contributed by atoms with E-state index in [1.165, 1.54) is 24.5 Å². The third-order valence-electron chi connectivity index (χ3n) is 6.25. The van der Waals surface area contributed by atoms with Crippen LogP contribution in [0.3, 0.4) is 0 Å². The first-order chi connectivity index (χ1) is 15.0. The molecule has 1 aromatic carbocycles. The molecule has 5 nitrogen and oxygen atoms in total. The minimum atomic E-state index is -4.38. The second-order valence-electron chi connectivity index (χ2n) is 8.60. The Balaban J connectivity index is 1.69. The van der Waals surface area contributed by atoms with Crippen LogP contribution in [-0.4, -0.2) is 53.8 Å². The Hall–Kier alpha value is -2.32. The highest BCUT2D eigenvalue weighted by atomic mass is 35.5. The number of carbonyl (C=O) groups excluding carboxylic acids is 1. The van der Waals surface area contributed by atoms with E-state index < -0.39 is 23.4 Å². The fraction of sp³-hybridized carbons (Fsp3) is 0.478. The molecule has 3 rings (SSSR count). The number of aromatic hydroxyl groups is 1. The number of hydrogen-bond donors (Lipinski definition) is 2. The van der Waals surface area contributed by atoms with Gasteiger partial charge in [-0.15, -0.1) is 0 Å². The zero-order chi connectivity index (χ0) is 23.5. The molecule has 1 fully saturated rings. The number of nitrogens with zero attached hydrogens (tertiary/aromatic N) is 2. The van der Waals surface area contributed by atoms with Crippen molar-refractivity contribution in [2.75, 3.05) is 20.6 Å². The molecular formula is C23H27ClF3N3O2. The van der Waals surface area contributed by atoms with Crippen LogP contribution in [0.5, 0.6) is 5.75 Å². The molecule has 1 saturated carbocycles. The summed E-state index contributed by atoms with van der Waals surface area (Å²) in [4.78, 5) is 18.6. The third kappa shape index (κ3) is 5.53. The number of amides is 1. The van der Waals surface area contributed by atoms with Crippen LogP contribution in [0.15, 0.2) is 42.7 Å². The van der Waals surface area contributed by atoms with E-state index in [4.69, 9.17) is 11.6 Å². The first-order valence-electron chi connectivity index (χ1n) is 10.4. The predicted octanol–water partition coefficient (Wildman–Crippen LogP) is 4.55. The van der Waals surface area contributed by atoms with Crippen LogP contribution in [0.1, 0.15) is 36.3 Å². The topological polar surface area (TPSA) is 65.5 Å². The Bertz CT molecular complexity index is 934. The summed E-state index contributed by atoms with van der Waals surface area (Å²) in [5.74, 6) is -1.34. The van der Waals surface area contributed by atoms with Gasteiger partial charge in [0.05, 0.1) is 5.41 Å². The number of rotatable bonds is 9. The van der Waals surface area contributed by atoms with Crippen molar-refractivity contribution in [1.82, 2.24) is 15.2 Å². The van der Waals surface area contributed by atoms with Crippen LogP contribution in [-0.2, 0) is 11.2 Å². The van der Waals surface area contributed by atoms with E-state index in [-0.39, 0.29) is 37.6 Å². The fourth-order valence-electron chi connectivity index (χ4n) is 4.06. The smallest absolute Gasteiger partial charge is 0.395 e. The summed E-state index contributed by atoms with van der Waals surface area (Å²) >= 11 is 6.20. The zero-order valence-electron chi connectivity index (χ0n) is 18.0. The minimum Gasteiger partial charge on any atom is -0.508 e. The second-order valence-corrected chi connectivity index (χ2v) is 9.01. The number of aromatic nitrogens is 1. The molecule has 1 amide bonds. The van der Waals surface area contributed by atoms with Gasteiger partial charge in [-0.25, -0.2) is 0 Å². The third-order valence-corrected chi connectivity index (χ3v) is 6.61. The zero-order valence-corrected chi connectivity index (χ0v) is 18.7. The Morgan fingerprint density at radius 1 is 1.31 bits per heavy atom. The lowest BCUT2D eigenvalue weighted by Crippen LogP contribution is -2.42. The molecule has 2 atom stereocenters. The number of pyridine rings is 1. The summed E-state index contributed by atoms with van der Waals surface area (Å²) in [5.41, 5.74) is -0.634. The minimum absolute atomic E-state index is 0.0169. The number of hydrogen-bond acceptors (Lipinski definition) is 4. The van der Waals surface area contributed by atoms with Gasteiger partial charge < -0.3 is 15.3 Å². The summed E-state index contributed by atoms with van der Waals surface area (Å²) in [5, 5.41) is 12.7. The molecule has 1 aromatic heterocycles. The van der Waals surface area contributed by atoms with E-state index in [2.05, 4.69) is 10.3 Å². The molecular weight excluding hydrogens is 443 g/mol. The van der Waals surface area contributed by atoms with Crippen LogP contribution in [0.2, 0.25) is 5.02 Å². The molecule has 1 aliphatic rings. The molecule has 0 aliphatic heterocycles. The van der Waals surface area contributed by atoms with Crippen molar-refractivity contribution in [2.45, 2.75) is 43.8 Å². The maximum absolute atomic E-state index is 13.8. The molecule has 174 valence electrons. The molecule has 0 unspecified atom stereocenters. The van der Waals surface area contributed by atoms with Gasteiger partial charge in [-0.2, -0.15) is 13.2 Å². The first-order valence-corrected chi connectivity index (χ1v) is 10.8. The van der Waals surface area contributed by atoms with Crippen LogP contribution in [0.25, 0.3) is 0 Å². The quantitative estimate of drug-likeness (QED) is 0.565. The molecule has 0 bridgehead atoms. The molecule has 2 aromatic rings. The van der Waals surface area contributed by atoms with Gasteiger partial charge in [0, 0.05) is 42.3 Å². The Labute approximate surface area is 190 Å². The molecule has 9 heteroatoms. The molecule has 1 heterocycles. The number of phenolic OH excluding ortho intramolecular Hbond substituents is 1. The molecule has 32 heavy (non-hydrogen) atoms. The van der Waals surface area contributed by atoms with Crippen molar-refractivity contribution < 1.29 is 23.1 Å². The maximum Gasteiger partial charge on any atom is 0.395 e. The van der Waals surface area contributed by atoms with E-state index in [1.807, 2.05) is 19.0 Å². The average molecular weight is 470 g/mol. The van der Waals surface area contributed by atoms with Crippen LogP contribution >= 0.6 is 11.6 Å². The lowest BCUT2D eigenvalue weighted by Gasteiger charge is -2.30. The SMILES string of the molecule is CN(C)[C@H](CNC(=O)C[C@@H](c1cccnc1)C1(C(F)(F)F)CC1)Cc1ccc(O)cc1Cl. The van der Waals surface area contributed by atoms with Crippen LogP contribution in [0, 0.1) is 5.41 Å². The van der Waals surface area contributed by atoms with Crippen molar-refractivity contribution in [3.8, 4) is 5.75 Å². The van der Waals surface area contributed by atoms with Crippen LogP contribution in [0.4, 0.5) is 13.2 Å². The summed E-state index contributed by atoms with van der Waals surface area (Å²) in [7, 11) is 3.71. The number of phenols is 1. The van der Waals surface area contributed by atoms with Gasteiger partial charge in [0.15, 0.2) is 0 Å². The van der Waals surface area contributed by atoms with Crippen molar-refractivity contribution in [3.05, 3.63) is 58.9 Å². The van der Waals surface area contributed by atoms with Crippen molar-refractivity contribution >= 4 is 17.5 Å². The van der Waals surface area contributed by atoms with Crippen molar-refractivity contribution in [1.29, 1.82) is 0 Å². The van der Waals surface area contributed by atoms with E-state index in [0.29, 0.717) is 17.0 Å². The molecule has 2 N–H and O–H groups in total. The van der Waals surface area contributed by atoms with Gasteiger partial charge in [-0.1, -0.05) is 23.7 Å². The predicted molar refractivity (Wildman–Crippen MR) is 117 cm³/mol. The number of carbonyl (C=O) groups is 1. The van der Waals surface area contributed by atoms with Gasteiger partial charge in [-0.3, -0.25) is 9.78 Å².